The molecule has 16 heavy (non-hydrogen) atoms. The van der Waals surface area contributed by atoms with Crippen molar-refractivity contribution in [2.24, 2.45) is 5.73 Å². The highest BCUT2D eigenvalue weighted by molar-refractivity contribution is 5.37. The Morgan fingerprint density at radius 2 is 1.94 bits per heavy atom. The summed E-state index contributed by atoms with van der Waals surface area (Å²) >= 11 is 0. The van der Waals surface area contributed by atoms with Crippen molar-refractivity contribution >= 4 is 0 Å². The van der Waals surface area contributed by atoms with Crippen LogP contribution >= 0.6 is 0 Å². The first-order valence-electron chi connectivity index (χ1n) is 4.75. The third-order valence-electron chi connectivity index (χ3n) is 2.16. The van der Waals surface area contributed by atoms with Crippen LogP contribution in [0.2, 0.25) is 0 Å². The van der Waals surface area contributed by atoms with E-state index in [-0.39, 0.29) is 5.69 Å². The summed E-state index contributed by atoms with van der Waals surface area (Å²) < 4.78 is 28.3. The molecule has 0 amide bonds. The summed E-state index contributed by atoms with van der Waals surface area (Å²) in [5, 5.41) is 3.68. The van der Waals surface area contributed by atoms with Gasteiger partial charge in [0.1, 0.15) is 18.3 Å². The first-order valence-corrected chi connectivity index (χ1v) is 4.75. The summed E-state index contributed by atoms with van der Waals surface area (Å²) in [5.41, 5.74) is 5.63. The zero-order valence-electron chi connectivity index (χ0n) is 8.40. The van der Waals surface area contributed by atoms with Crippen LogP contribution in [0.15, 0.2) is 24.8 Å². The van der Waals surface area contributed by atoms with Gasteiger partial charge in [-0.05, 0) is 30.7 Å². The number of hydrogen-bond donors (Lipinski definition) is 1. The quantitative estimate of drug-likeness (QED) is 0.847. The van der Waals surface area contributed by atoms with E-state index in [2.05, 4.69) is 10.1 Å². The lowest BCUT2D eigenvalue weighted by molar-refractivity contribution is 0.556. The van der Waals surface area contributed by atoms with Gasteiger partial charge in [0.2, 0.25) is 0 Å². The third-order valence-corrected chi connectivity index (χ3v) is 2.16. The molecule has 0 unspecified atom stereocenters. The van der Waals surface area contributed by atoms with Crippen molar-refractivity contribution in [2.75, 3.05) is 6.54 Å². The molecule has 0 fully saturated rings. The fourth-order valence-corrected chi connectivity index (χ4v) is 1.47. The Kier molecular flexibility index (Phi) is 2.91. The number of rotatable bonds is 3. The molecular formula is C10H10F2N4. The monoisotopic (exact) mass is 224 g/mol. The van der Waals surface area contributed by atoms with E-state index < -0.39 is 11.6 Å². The molecule has 2 N–H and O–H groups in total. The van der Waals surface area contributed by atoms with E-state index in [1.54, 1.807) is 0 Å². The van der Waals surface area contributed by atoms with E-state index in [0.29, 0.717) is 18.5 Å². The standard InChI is InChI=1S/C10H10F2N4/c11-8-3-7(1-2-13)4-9(12)10(8)16-6-14-5-15-16/h3-6H,1-2,13H2. The zero-order valence-corrected chi connectivity index (χ0v) is 8.40. The number of aromatic nitrogens is 3. The molecular weight excluding hydrogens is 214 g/mol. The number of hydrogen-bond acceptors (Lipinski definition) is 3. The van der Waals surface area contributed by atoms with Crippen molar-refractivity contribution in [1.29, 1.82) is 0 Å². The van der Waals surface area contributed by atoms with Gasteiger partial charge in [-0.25, -0.2) is 18.4 Å². The molecule has 0 aliphatic carbocycles. The van der Waals surface area contributed by atoms with Gasteiger partial charge in [-0.15, -0.1) is 0 Å². The van der Waals surface area contributed by atoms with E-state index in [9.17, 15) is 8.78 Å². The lowest BCUT2D eigenvalue weighted by Crippen LogP contribution is -2.07. The normalized spacial score (nSPS) is 10.7. The molecule has 0 aliphatic rings. The minimum atomic E-state index is -0.672. The minimum Gasteiger partial charge on any atom is -0.330 e. The lowest BCUT2D eigenvalue weighted by Gasteiger charge is -2.06. The molecule has 0 saturated carbocycles. The molecule has 2 aromatic rings. The van der Waals surface area contributed by atoms with Gasteiger partial charge in [-0.1, -0.05) is 0 Å². The van der Waals surface area contributed by atoms with Crippen molar-refractivity contribution < 1.29 is 8.78 Å². The Morgan fingerprint density at radius 3 is 2.44 bits per heavy atom. The summed E-state index contributed by atoms with van der Waals surface area (Å²) in [7, 11) is 0. The molecule has 0 radical (unpaired) electrons. The Morgan fingerprint density at radius 1 is 1.25 bits per heavy atom. The fraction of sp³-hybridized carbons (Fsp3) is 0.200. The fourth-order valence-electron chi connectivity index (χ4n) is 1.47. The molecule has 4 nitrogen and oxygen atoms in total. The Balaban J connectivity index is 2.48. The van der Waals surface area contributed by atoms with Crippen molar-refractivity contribution in [1.82, 2.24) is 14.8 Å². The van der Waals surface area contributed by atoms with Gasteiger partial charge >= 0.3 is 0 Å². The second-order valence-corrected chi connectivity index (χ2v) is 3.29. The highest BCUT2D eigenvalue weighted by Crippen LogP contribution is 2.18. The highest BCUT2D eigenvalue weighted by atomic mass is 19.1. The molecule has 0 aliphatic heterocycles. The predicted octanol–water partition coefficient (Wildman–Crippen LogP) is 1.05. The maximum atomic E-state index is 13.6. The van der Waals surface area contributed by atoms with Crippen LogP contribution < -0.4 is 5.73 Å². The average molecular weight is 224 g/mol. The molecule has 1 aromatic heterocycles. The molecule has 0 spiro atoms. The van der Waals surface area contributed by atoms with Crippen LogP contribution in [0.25, 0.3) is 5.69 Å². The first kappa shape index (κ1) is 10.7. The van der Waals surface area contributed by atoms with E-state index >= 15 is 0 Å². The van der Waals surface area contributed by atoms with Gasteiger partial charge in [0, 0.05) is 0 Å². The minimum absolute atomic E-state index is 0.224. The Hall–Kier alpha value is -1.82. The van der Waals surface area contributed by atoms with Gasteiger partial charge < -0.3 is 5.73 Å². The lowest BCUT2D eigenvalue weighted by atomic mass is 10.1. The third kappa shape index (κ3) is 1.92. The van der Waals surface area contributed by atoms with Crippen molar-refractivity contribution in [3.05, 3.63) is 42.0 Å². The van der Waals surface area contributed by atoms with E-state index in [0.717, 1.165) is 4.68 Å². The molecule has 84 valence electrons. The molecule has 2 rings (SSSR count). The second kappa shape index (κ2) is 4.36. The van der Waals surface area contributed by atoms with Gasteiger partial charge in [-0.3, -0.25) is 0 Å². The predicted molar refractivity (Wildman–Crippen MR) is 54.0 cm³/mol. The Labute approximate surface area is 90.7 Å². The van der Waals surface area contributed by atoms with Crippen molar-refractivity contribution in [3.8, 4) is 5.69 Å². The summed E-state index contributed by atoms with van der Waals surface area (Å²) in [6.07, 6.45) is 2.89. The van der Waals surface area contributed by atoms with Crippen LogP contribution in [0.5, 0.6) is 0 Å². The van der Waals surface area contributed by atoms with E-state index in [1.807, 2.05) is 0 Å². The molecule has 0 atom stereocenters. The summed E-state index contributed by atoms with van der Waals surface area (Å²) in [4.78, 5) is 3.64. The maximum Gasteiger partial charge on any atom is 0.152 e. The van der Waals surface area contributed by atoms with Crippen LogP contribution in [0.4, 0.5) is 8.78 Å². The number of nitrogens with two attached hydrogens (primary N) is 1. The molecule has 0 saturated heterocycles. The van der Waals surface area contributed by atoms with Crippen LogP contribution in [0.1, 0.15) is 5.56 Å². The van der Waals surface area contributed by atoms with Crippen molar-refractivity contribution in [2.45, 2.75) is 6.42 Å². The average Bonchev–Trinajstić information content (AvgIpc) is 2.70. The number of halogens is 2. The summed E-state index contributed by atoms with van der Waals surface area (Å²) in [6, 6.07) is 2.51. The zero-order chi connectivity index (χ0) is 11.5. The van der Waals surface area contributed by atoms with Crippen LogP contribution in [-0.2, 0) is 6.42 Å². The van der Waals surface area contributed by atoms with E-state index in [1.165, 1.54) is 24.8 Å². The Bertz CT molecular complexity index is 459. The topological polar surface area (TPSA) is 56.7 Å². The molecule has 1 heterocycles. The van der Waals surface area contributed by atoms with Gasteiger partial charge in [0.25, 0.3) is 0 Å². The number of benzene rings is 1. The number of nitrogens with zero attached hydrogens (tertiary/aromatic N) is 3. The highest BCUT2D eigenvalue weighted by Gasteiger charge is 2.13. The second-order valence-electron chi connectivity index (χ2n) is 3.29. The van der Waals surface area contributed by atoms with Gasteiger partial charge in [0.05, 0.1) is 0 Å². The smallest absolute Gasteiger partial charge is 0.152 e. The molecule has 0 bridgehead atoms. The largest absolute Gasteiger partial charge is 0.330 e. The maximum absolute atomic E-state index is 13.6. The van der Waals surface area contributed by atoms with Crippen LogP contribution in [-0.4, -0.2) is 21.3 Å². The summed E-state index contributed by atoms with van der Waals surface area (Å²) in [6.45, 7) is 0.349. The molecule has 6 heteroatoms. The van der Waals surface area contributed by atoms with E-state index in [4.69, 9.17) is 5.73 Å². The van der Waals surface area contributed by atoms with Crippen LogP contribution in [0, 0.1) is 11.6 Å². The van der Waals surface area contributed by atoms with Gasteiger partial charge in [0.15, 0.2) is 11.6 Å². The summed E-state index contributed by atoms with van der Waals surface area (Å²) in [5.74, 6) is -1.34. The van der Waals surface area contributed by atoms with Crippen LogP contribution in [0.3, 0.4) is 0 Å². The molecule has 1 aromatic carbocycles. The first-order chi connectivity index (χ1) is 7.72. The van der Waals surface area contributed by atoms with Crippen molar-refractivity contribution in [3.63, 3.8) is 0 Å². The van der Waals surface area contributed by atoms with Gasteiger partial charge in [-0.2, -0.15) is 5.10 Å². The SMILES string of the molecule is NCCc1cc(F)c(-n2cncn2)c(F)c1.